The number of hydrogen-bond donors (Lipinski definition) is 1. The first kappa shape index (κ1) is 24.0. The Morgan fingerprint density at radius 3 is 2.53 bits per heavy atom. The first-order valence-corrected chi connectivity index (χ1v) is 13.0. The Kier molecular flexibility index (Phi) is 6.46. The molecule has 0 saturated carbocycles. The lowest BCUT2D eigenvalue weighted by molar-refractivity contribution is -0.136. The van der Waals surface area contributed by atoms with Gasteiger partial charge in [0.2, 0.25) is 10.0 Å². The zero-order valence-electron chi connectivity index (χ0n) is 19.7. The molecule has 1 N–H and O–H groups in total. The lowest BCUT2D eigenvalue weighted by Crippen LogP contribution is -2.37. The standard InChI is InChI=1S/C26H26N4O5S/c1-35-21-9-11-22(12-10-21)36(33,34)29-17-20(15-19(29)14-18-6-4-5-13-27-18)30-25-8-3-2-7-23(25)24(28-30)16-26(31)32/h2-13,19-20H,14-17H2,1H3,(H,31,32)/t19-,20-/m1/s1. The summed E-state index contributed by atoms with van der Waals surface area (Å²) in [5, 5.41) is 14.8. The average Bonchev–Trinajstić information content (AvgIpc) is 3.46. The molecule has 2 atom stereocenters. The topological polar surface area (TPSA) is 115 Å². The number of methoxy groups -OCH3 is 1. The third-order valence-electron chi connectivity index (χ3n) is 6.53. The molecule has 0 bridgehead atoms. The van der Waals surface area contributed by atoms with E-state index >= 15 is 0 Å². The van der Waals surface area contributed by atoms with Crippen LogP contribution < -0.4 is 4.74 Å². The summed E-state index contributed by atoms with van der Waals surface area (Å²) in [7, 11) is -2.29. The molecule has 3 heterocycles. The molecule has 1 aliphatic heterocycles. The SMILES string of the molecule is COc1ccc(S(=O)(=O)N2C[C@H](n3nc(CC(=O)O)c4ccccc43)C[C@H]2Cc2ccccn2)cc1. The highest BCUT2D eigenvalue weighted by atomic mass is 32.2. The van der Waals surface area contributed by atoms with Crippen molar-refractivity contribution in [2.45, 2.75) is 36.2 Å². The summed E-state index contributed by atoms with van der Waals surface area (Å²) < 4.78 is 36.1. The van der Waals surface area contributed by atoms with Crippen molar-refractivity contribution in [1.29, 1.82) is 0 Å². The van der Waals surface area contributed by atoms with E-state index in [1.807, 2.05) is 42.5 Å². The fourth-order valence-corrected chi connectivity index (χ4v) is 6.54. The maximum Gasteiger partial charge on any atom is 0.309 e. The summed E-state index contributed by atoms with van der Waals surface area (Å²) >= 11 is 0. The van der Waals surface area contributed by atoms with Crippen molar-refractivity contribution in [2.24, 2.45) is 0 Å². The van der Waals surface area contributed by atoms with Crippen LogP contribution in [0.3, 0.4) is 0 Å². The Bertz CT molecular complexity index is 1490. The lowest BCUT2D eigenvalue weighted by atomic mass is 10.1. The number of nitrogens with zero attached hydrogens (tertiary/aromatic N) is 4. The number of ether oxygens (including phenoxy) is 1. The van der Waals surface area contributed by atoms with Crippen molar-refractivity contribution in [3.05, 3.63) is 84.3 Å². The van der Waals surface area contributed by atoms with Gasteiger partial charge in [-0.05, 0) is 48.9 Å². The highest BCUT2D eigenvalue weighted by Crippen LogP contribution is 2.36. The van der Waals surface area contributed by atoms with Gasteiger partial charge in [0.05, 0.1) is 35.7 Å². The van der Waals surface area contributed by atoms with Gasteiger partial charge in [0.1, 0.15) is 5.75 Å². The minimum Gasteiger partial charge on any atom is -0.497 e. The van der Waals surface area contributed by atoms with Crippen LogP contribution in [0.2, 0.25) is 0 Å². The maximum absolute atomic E-state index is 13.8. The van der Waals surface area contributed by atoms with E-state index in [0.29, 0.717) is 24.3 Å². The molecule has 2 aromatic carbocycles. The molecule has 1 fully saturated rings. The van der Waals surface area contributed by atoms with Crippen LogP contribution in [0.25, 0.3) is 10.9 Å². The molecule has 4 aromatic rings. The van der Waals surface area contributed by atoms with Crippen LogP contribution in [0, 0.1) is 0 Å². The first-order valence-electron chi connectivity index (χ1n) is 11.6. The van der Waals surface area contributed by atoms with Gasteiger partial charge >= 0.3 is 5.97 Å². The van der Waals surface area contributed by atoms with Crippen molar-refractivity contribution in [3.63, 3.8) is 0 Å². The number of sulfonamides is 1. The number of pyridine rings is 1. The van der Waals surface area contributed by atoms with E-state index in [0.717, 1.165) is 16.6 Å². The number of rotatable bonds is 8. The van der Waals surface area contributed by atoms with E-state index in [2.05, 4.69) is 10.1 Å². The largest absolute Gasteiger partial charge is 0.497 e. The summed E-state index contributed by atoms with van der Waals surface area (Å²) in [6, 6.07) is 18.8. The third-order valence-corrected chi connectivity index (χ3v) is 8.47. The van der Waals surface area contributed by atoms with Crippen molar-refractivity contribution in [3.8, 4) is 5.75 Å². The normalized spacial score (nSPS) is 18.5. The Labute approximate surface area is 209 Å². The summed E-state index contributed by atoms with van der Waals surface area (Å²) in [5.74, 6) is -0.388. The maximum atomic E-state index is 13.8. The predicted octanol–water partition coefficient (Wildman–Crippen LogP) is 3.31. The highest BCUT2D eigenvalue weighted by Gasteiger charge is 2.42. The summed E-state index contributed by atoms with van der Waals surface area (Å²) in [4.78, 5) is 16.0. The van der Waals surface area contributed by atoms with Crippen LogP contribution in [-0.2, 0) is 27.7 Å². The molecular weight excluding hydrogens is 480 g/mol. The Morgan fingerprint density at radius 1 is 1.08 bits per heavy atom. The zero-order valence-corrected chi connectivity index (χ0v) is 20.5. The number of carboxylic acid groups (broad SMARTS) is 1. The van der Waals surface area contributed by atoms with E-state index in [-0.39, 0.29) is 29.9 Å². The molecule has 36 heavy (non-hydrogen) atoms. The van der Waals surface area contributed by atoms with Gasteiger partial charge in [-0.2, -0.15) is 9.40 Å². The summed E-state index contributed by atoms with van der Waals surface area (Å²) in [5.41, 5.74) is 2.06. The molecule has 0 radical (unpaired) electrons. The van der Waals surface area contributed by atoms with Crippen molar-refractivity contribution < 1.29 is 23.1 Å². The molecule has 2 aromatic heterocycles. The van der Waals surface area contributed by atoms with Gasteiger partial charge in [0, 0.05) is 36.3 Å². The van der Waals surface area contributed by atoms with Gasteiger partial charge in [-0.25, -0.2) is 8.42 Å². The van der Waals surface area contributed by atoms with E-state index in [1.165, 1.54) is 11.4 Å². The van der Waals surface area contributed by atoms with Gasteiger partial charge in [0.15, 0.2) is 0 Å². The molecule has 1 aliphatic rings. The Morgan fingerprint density at radius 2 is 1.83 bits per heavy atom. The van der Waals surface area contributed by atoms with Crippen LogP contribution in [0.5, 0.6) is 5.75 Å². The van der Waals surface area contributed by atoms with E-state index in [4.69, 9.17) is 4.74 Å². The zero-order chi connectivity index (χ0) is 25.3. The molecule has 186 valence electrons. The fourth-order valence-electron chi connectivity index (χ4n) is 4.87. The molecule has 0 aliphatic carbocycles. The summed E-state index contributed by atoms with van der Waals surface area (Å²) in [6.45, 7) is 0.212. The molecular formula is C26H26N4O5S. The number of aromatic nitrogens is 3. The molecule has 9 nitrogen and oxygen atoms in total. The number of carbonyl (C=O) groups is 1. The Balaban J connectivity index is 1.54. The van der Waals surface area contributed by atoms with Crippen LogP contribution in [0.1, 0.15) is 23.9 Å². The number of hydrogen-bond acceptors (Lipinski definition) is 6. The number of carboxylic acids is 1. The lowest BCUT2D eigenvalue weighted by Gasteiger charge is -2.23. The summed E-state index contributed by atoms with van der Waals surface area (Å²) in [6.07, 6.45) is 2.47. The van der Waals surface area contributed by atoms with Crippen molar-refractivity contribution in [2.75, 3.05) is 13.7 Å². The molecule has 10 heteroatoms. The van der Waals surface area contributed by atoms with Gasteiger partial charge < -0.3 is 9.84 Å². The first-order chi connectivity index (χ1) is 17.4. The van der Waals surface area contributed by atoms with E-state index < -0.39 is 16.0 Å². The molecule has 0 unspecified atom stereocenters. The molecule has 1 saturated heterocycles. The number of benzene rings is 2. The Hall–Kier alpha value is -3.76. The van der Waals surface area contributed by atoms with Gasteiger partial charge in [-0.3, -0.25) is 14.5 Å². The number of fused-ring (bicyclic) bond motifs is 1. The predicted molar refractivity (Wildman–Crippen MR) is 133 cm³/mol. The van der Waals surface area contributed by atoms with Crippen molar-refractivity contribution in [1.82, 2.24) is 19.1 Å². The van der Waals surface area contributed by atoms with Crippen LogP contribution in [0.15, 0.2) is 77.8 Å². The smallest absolute Gasteiger partial charge is 0.309 e. The second-order valence-corrected chi connectivity index (χ2v) is 10.7. The minimum absolute atomic E-state index is 0.187. The van der Waals surface area contributed by atoms with Gasteiger partial charge in [0.25, 0.3) is 0 Å². The number of para-hydroxylation sites is 1. The van der Waals surface area contributed by atoms with E-state index in [9.17, 15) is 18.3 Å². The van der Waals surface area contributed by atoms with Crippen molar-refractivity contribution >= 4 is 26.9 Å². The number of aliphatic carboxylic acids is 1. The van der Waals surface area contributed by atoms with Crippen LogP contribution in [-0.4, -0.2) is 58.3 Å². The quantitative estimate of drug-likeness (QED) is 0.390. The highest BCUT2D eigenvalue weighted by molar-refractivity contribution is 7.89. The van der Waals surface area contributed by atoms with Crippen LogP contribution >= 0.6 is 0 Å². The molecule has 0 spiro atoms. The third kappa shape index (κ3) is 4.57. The fraction of sp³-hybridized carbons (Fsp3) is 0.269. The molecule has 5 rings (SSSR count). The van der Waals surface area contributed by atoms with Gasteiger partial charge in [-0.1, -0.05) is 24.3 Å². The van der Waals surface area contributed by atoms with Crippen LogP contribution in [0.4, 0.5) is 0 Å². The minimum atomic E-state index is -3.82. The average molecular weight is 507 g/mol. The second kappa shape index (κ2) is 9.71. The second-order valence-electron chi connectivity index (χ2n) is 8.80. The van der Waals surface area contributed by atoms with Gasteiger partial charge in [-0.15, -0.1) is 0 Å². The van der Waals surface area contributed by atoms with E-state index in [1.54, 1.807) is 35.1 Å². The molecule has 0 amide bonds. The monoisotopic (exact) mass is 506 g/mol.